The average molecular weight is 281 g/mol. The normalized spacial score (nSPS) is 18.3. The maximum absolute atomic E-state index is 12.0. The maximum Gasteiger partial charge on any atom is 0.227 e. The molecule has 100 valence electrons. The topological polar surface area (TPSA) is 78.3 Å². The van der Waals surface area contributed by atoms with E-state index in [1.165, 1.54) is 7.11 Å². The summed E-state index contributed by atoms with van der Waals surface area (Å²) in [6, 6.07) is 5.30. The first-order chi connectivity index (χ1) is 9.17. The van der Waals surface area contributed by atoms with Crippen molar-refractivity contribution in [1.29, 1.82) is 0 Å². The lowest BCUT2D eigenvalue weighted by Crippen LogP contribution is -2.25. The summed E-state index contributed by atoms with van der Waals surface area (Å²) in [6.07, 6.45) is 0.368. The van der Waals surface area contributed by atoms with Crippen molar-refractivity contribution in [3.05, 3.63) is 33.7 Å². The van der Waals surface area contributed by atoms with Gasteiger partial charge in [-0.25, -0.2) is 0 Å². The van der Waals surface area contributed by atoms with Crippen molar-refractivity contribution in [3.63, 3.8) is 0 Å². The number of azide groups is 1. The van der Waals surface area contributed by atoms with E-state index >= 15 is 0 Å². The molecule has 0 radical (unpaired) electrons. The molecule has 19 heavy (non-hydrogen) atoms. The van der Waals surface area contributed by atoms with Crippen molar-refractivity contribution in [1.82, 2.24) is 0 Å². The Morgan fingerprint density at radius 1 is 1.63 bits per heavy atom. The first-order valence-electron chi connectivity index (χ1n) is 5.81. The number of carbonyl (C=O) groups is 1. The van der Waals surface area contributed by atoms with Gasteiger partial charge in [-0.15, -0.1) is 0 Å². The molecule has 1 saturated heterocycles. The Bertz CT molecular complexity index is 543. The summed E-state index contributed by atoms with van der Waals surface area (Å²) in [6.45, 7) is 0.824. The highest BCUT2D eigenvalue weighted by molar-refractivity contribution is 6.35. The zero-order valence-corrected chi connectivity index (χ0v) is 11.2. The van der Waals surface area contributed by atoms with Crippen LogP contribution in [0.15, 0.2) is 23.3 Å². The molecule has 1 fully saturated rings. The van der Waals surface area contributed by atoms with Crippen LogP contribution in [-0.2, 0) is 4.79 Å². The molecule has 0 aromatic heterocycles. The van der Waals surface area contributed by atoms with E-state index in [4.69, 9.17) is 21.9 Å². The molecule has 1 aliphatic heterocycles. The summed E-state index contributed by atoms with van der Waals surface area (Å²) in [5.41, 5.74) is 8.94. The predicted octanol–water partition coefficient (Wildman–Crippen LogP) is 3.01. The van der Waals surface area contributed by atoms with E-state index in [-0.39, 0.29) is 11.8 Å². The van der Waals surface area contributed by atoms with Gasteiger partial charge < -0.3 is 9.64 Å². The third-order valence-corrected chi connectivity index (χ3v) is 3.44. The van der Waals surface area contributed by atoms with E-state index in [9.17, 15) is 4.79 Å². The Morgan fingerprint density at radius 3 is 3.11 bits per heavy atom. The summed E-state index contributed by atoms with van der Waals surface area (Å²) in [5, 5.41) is 3.94. The van der Waals surface area contributed by atoms with Crippen LogP contribution in [0.4, 0.5) is 5.69 Å². The zero-order valence-electron chi connectivity index (χ0n) is 10.4. The first kappa shape index (κ1) is 13.5. The number of methoxy groups -OCH3 is 1. The van der Waals surface area contributed by atoms with Gasteiger partial charge in [0.25, 0.3) is 0 Å². The van der Waals surface area contributed by atoms with Crippen LogP contribution in [-0.4, -0.2) is 26.1 Å². The molecule has 2 rings (SSSR count). The summed E-state index contributed by atoms with van der Waals surface area (Å²) in [5.74, 6) is 0.546. The molecule has 1 aromatic rings. The van der Waals surface area contributed by atoms with E-state index in [1.54, 1.807) is 23.1 Å². The third-order valence-electron chi connectivity index (χ3n) is 3.06. The Kier molecular flexibility index (Phi) is 4.14. The Morgan fingerprint density at radius 2 is 2.42 bits per heavy atom. The maximum atomic E-state index is 12.0. The Labute approximate surface area is 115 Å². The van der Waals surface area contributed by atoms with Gasteiger partial charge in [0.15, 0.2) is 0 Å². The van der Waals surface area contributed by atoms with Crippen molar-refractivity contribution < 1.29 is 9.53 Å². The number of benzene rings is 1. The number of halogens is 1. The largest absolute Gasteiger partial charge is 0.495 e. The summed E-state index contributed by atoms with van der Waals surface area (Å²) >= 11 is 6.21. The van der Waals surface area contributed by atoms with Gasteiger partial charge in [-0.1, -0.05) is 22.8 Å². The van der Waals surface area contributed by atoms with E-state index in [0.29, 0.717) is 36.0 Å². The van der Waals surface area contributed by atoms with Gasteiger partial charge in [0, 0.05) is 24.4 Å². The van der Waals surface area contributed by atoms with Crippen LogP contribution < -0.4 is 9.64 Å². The molecule has 1 aromatic carbocycles. The molecule has 1 aliphatic rings. The first-order valence-corrected chi connectivity index (χ1v) is 6.19. The number of rotatable bonds is 4. The predicted molar refractivity (Wildman–Crippen MR) is 72.5 cm³/mol. The lowest BCUT2D eigenvalue weighted by molar-refractivity contribution is -0.117. The molecular weight excluding hydrogens is 268 g/mol. The van der Waals surface area contributed by atoms with Crippen molar-refractivity contribution in [3.8, 4) is 5.75 Å². The molecule has 7 heteroatoms. The minimum absolute atomic E-state index is 0.0201. The molecule has 1 heterocycles. The Hall–Kier alpha value is -1.91. The lowest BCUT2D eigenvalue weighted by Gasteiger charge is -2.19. The van der Waals surface area contributed by atoms with Crippen LogP contribution in [0.1, 0.15) is 6.42 Å². The highest BCUT2D eigenvalue weighted by Gasteiger charge is 2.31. The van der Waals surface area contributed by atoms with Crippen LogP contribution in [0.2, 0.25) is 5.02 Å². The van der Waals surface area contributed by atoms with Gasteiger partial charge in [0.2, 0.25) is 5.91 Å². The van der Waals surface area contributed by atoms with E-state index in [2.05, 4.69) is 10.0 Å². The molecule has 0 spiro atoms. The van der Waals surface area contributed by atoms with Crippen molar-refractivity contribution in [2.24, 2.45) is 11.0 Å². The number of ether oxygens (including phenoxy) is 1. The highest BCUT2D eigenvalue weighted by atomic mass is 35.5. The van der Waals surface area contributed by atoms with Gasteiger partial charge >= 0.3 is 0 Å². The van der Waals surface area contributed by atoms with Crippen molar-refractivity contribution in [2.75, 3.05) is 25.1 Å². The highest BCUT2D eigenvalue weighted by Crippen LogP contribution is 2.37. The van der Waals surface area contributed by atoms with Crippen molar-refractivity contribution >= 4 is 23.2 Å². The zero-order chi connectivity index (χ0) is 13.8. The minimum atomic E-state index is -0.0201. The summed E-state index contributed by atoms with van der Waals surface area (Å²) in [7, 11) is 1.53. The molecule has 0 aliphatic carbocycles. The second kappa shape index (κ2) is 5.82. The molecule has 0 saturated carbocycles. The van der Waals surface area contributed by atoms with Gasteiger partial charge in [0.1, 0.15) is 10.8 Å². The van der Waals surface area contributed by atoms with Crippen LogP contribution in [0, 0.1) is 5.92 Å². The van der Waals surface area contributed by atoms with E-state index in [1.807, 2.05) is 0 Å². The fourth-order valence-corrected chi connectivity index (χ4v) is 2.46. The van der Waals surface area contributed by atoms with Gasteiger partial charge in [-0.2, -0.15) is 0 Å². The number of hydrogen-bond acceptors (Lipinski definition) is 3. The molecule has 6 nitrogen and oxygen atoms in total. The van der Waals surface area contributed by atoms with Crippen LogP contribution in [0.3, 0.4) is 0 Å². The molecule has 1 amide bonds. The van der Waals surface area contributed by atoms with Gasteiger partial charge in [0.05, 0.1) is 12.8 Å². The fraction of sp³-hybridized carbons (Fsp3) is 0.417. The second-order valence-corrected chi connectivity index (χ2v) is 4.66. The standard InChI is InChI=1S/C12H13ClN4O2/c1-19-10-4-2-3-9(12(10)13)17-7-8(5-11(17)18)6-15-16-14/h2-4,8H,5-7H2,1H3. The van der Waals surface area contributed by atoms with Crippen LogP contribution >= 0.6 is 11.6 Å². The molecule has 0 bridgehead atoms. The monoisotopic (exact) mass is 280 g/mol. The molecular formula is C12H13ClN4O2. The third kappa shape index (κ3) is 2.75. The van der Waals surface area contributed by atoms with E-state index in [0.717, 1.165) is 0 Å². The SMILES string of the molecule is COc1cccc(N2CC(CN=[N+]=[N-])CC2=O)c1Cl. The van der Waals surface area contributed by atoms with Gasteiger partial charge in [-0.3, -0.25) is 4.79 Å². The lowest BCUT2D eigenvalue weighted by atomic mass is 10.1. The fourth-order valence-electron chi connectivity index (χ4n) is 2.15. The van der Waals surface area contributed by atoms with Crippen molar-refractivity contribution in [2.45, 2.75) is 6.42 Å². The smallest absolute Gasteiger partial charge is 0.227 e. The molecule has 0 N–H and O–H groups in total. The molecule has 1 unspecified atom stereocenters. The number of hydrogen-bond donors (Lipinski definition) is 0. The number of amides is 1. The average Bonchev–Trinajstić information content (AvgIpc) is 2.78. The quantitative estimate of drug-likeness (QED) is 0.483. The number of carbonyl (C=O) groups excluding carboxylic acids is 1. The number of nitrogens with zero attached hydrogens (tertiary/aromatic N) is 4. The number of anilines is 1. The van der Waals surface area contributed by atoms with Gasteiger partial charge in [-0.05, 0) is 23.6 Å². The summed E-state index contributed by atoms with van der Waals surface area (Å²) < 4.78 is 5.14. The second-order valence-electron chi connectivity index (χ2n) is 4.28. The van der Waals surface area contributed by atoms with Crippen LogP contribution in [0.25, 0.3) is 10.4 Å². The Balaban J connectivity index is 2.23. The van der Waals surface area contributed by atoms with E-state index < -0.39 is 0 Å². The molecule has 1 atom stereocenters. The minimum Gasteiger partial charge on any atom is -0.495 e. The van der Waals surface area contributed by atoms with Crippen LogP contribution in [0.5, 0.6) is 5.75 Å². The summed E-state index contributed by atoms with van der Waals surface area (Å²) in [4.78, 5) is 16.3.